The second-order valence-electron chi connectivity index (χ2n) is 4.41. The molecule has 2 heterocycles. The summed E-state index contributed by atoms with van der Waals surface area (Å²) < 4.78 is 64.4. The zero-order chi connectivity index (χ0) is 14.2. The lowest BCUT2D eigenvalue weighted by atomic mass is 9.89. The topological polar surface area (TPSA) is 31.4 Å². The van der Waals surface area contributed by atoms with E-state index in [0.29, 0.717) is 0 Å². The Bertz CT molecular complexity index is 445. The minimum Gasteiger partial charge on any atom is -0.375 e. The number of rotatable bonds is 1. The number of hydrogen-bond acceptors (Lipinski definition) is 3. The highest BCUT2D eigenvalue weighted by molar-refractivity contribution is 5.24. The Balaban J connectivity index is 2.55. The maximum atomic E-state index is 13.8. The number of aromatic nitrogens is 1. The quantitative estimate of drug-likeness (QED) is 0.585. The first-order chi connectivity index (χ1) is 8.93. The molecule has 2 unspecified atom stereocenters. The van der Waals surface area contributed by atoms with E-state index in [2.05, 4.69) is 4.98 Å². The van der Waals surface area contributed by atoms with Crippen molar-refractivity contribution in [3.63, 3.8) is 0 Å². The minimum absolute atomic E-state index is 0.251. The fourth-order valence-corrected chi connectivity index (χ4v) is 2.32. The van der Waals surface area contributed by atoms with E-state index in [4.69, 9.17) is 9.47 Å². The van der Waals surface area contributed by atoms with Crippen molar-refractivity contribution in [2.75, 3.05) is 13.2 Å². The van der Waals surface area contributed by atoms with Crippen LogP contribution in [0.15, 0.2) is 0 Å². The van der Waals surface area contributed by atoms with Crippen LogP contribution < -0.4 is 0 Å². The Morgan fingerprint density at radius 1 is 0.895 bits per heavy atom. The SMILES string of the molecule is CC1OCCOC(C)C1c1c(F)c(F)nc(F)c1F. The lowest BCUT2D eigenvalue weighted by Crippen LogP contribution is -2.29. The van der Waals surface area contributed by atoms with Crippen molar-refractivity contribution in [2.24, 2.45) is 0 Å². The van der Waals surface area contributed by atoms with Gasteiger partial charge in [0.1, 0.15) is 0 Å². The Morgan fingerprint density at radius 2 is 1.32 bits per heavy atom. The second-order valence-corrected chi connectivity index (χ2v) is 4.41. The van der Waals surface area contributed by atoms with Gasteiger partial charge in [0.25, 0.3) is 11.9 Å². The highest BCUT2D eigenvalue weighted by Crippen LogP contribution is 2.34. The van der Waals surface area contributed by atoms with E-state index in [0.717, 1.165) is 0 Å². The largest absolute Gasteiger partial charge is 0.375 e. The van der Waals surface area contributed by atoms with Gasteiger partial charge in [-0.05, 0) is 13.8 Å². The average molecular weight is 279 g/mol. The van der Waals surface area contributed by atoms with Crippen molar-refractivity contribution < 1.29 is 27.0 Å². The van der Waals surface area contributed by atoms with Gasteiger partial charge in [0.05, 0.1) is 25.4 Å². The molecule has 0 aliphatic carbocycles. The third-order valence-electron chi connectivity index (χ3n) is 3.22. The van der Waals surface area contributed by atoms with Gasteiger partial charge in [-0.1, -0.05) is 0 Å². The maximum absolute atomic E-state index is 13.8. The van der Waals surface area contributed by atoms with Crippen LogP contribution in [0.3, 0.4) is 0 Å². The highest BCUT2D eigenvalue weighted by Gasteiger charge is 2.36. The Labute approximate surface area is 107 Å². The van der Waals surface area contributed by atoms with Crippen molar-refractivity contribution in [3.05, 3.63) is 29.1 Å². The van der Waals surface area contributed by atoms with Crippen LogP contribution in [-0.4, -0.2) is 30.4 Å². The van der Waals surface area contributed by atoms with E-state index < -0.39 is 47.2 Å². The molecular formula is C12H13F4NO2. The second kappa shape index (κ2) is 5.42. The number of hydrogen-bond donors (Lipinski definition) is 0. The summed E-state index contributed by atoms with van der Waals surface area (Å²) in [4.78, 5) is 2.54. The monoisotopic (exact) mass is 279 g/mol. The molecule has 1 aromatic heterocycles. The molecule has 0 amide bonds. The fourth-order valence-electron chi connectivity index (χ4n) is 2.32. The van der Waals surface area contributed by atoms with Crippen molar-refractivity contribution in [1.29, 1.82) is 0 Å². The fraction of sp³-hybridized carbons (Fsp3) is 0.583. The molecule has 1 saturated heterocycles. The predicted octanol–water partition coefficient (Wildman–Crippen LogP) is 2.55. The molecule has 0 radical (unpaired) electrons. The van der Waals surface area contributed by atoms with Gasteiger partial charge < -0.3 is 9.47 Å². The molecular weight excluding hydrogens is 266 g/mol. The van der Waals surface area contributed by atoms with Gasteiger partial charge in [-0.25, -0.2) is 8.78 Å². The van der Waals surface area contributed by atoms with Gasteiger partial charge in [0.15, 0.2) is 11.6 Å². The summed E-state index contributed by atoms with van der Waals surface area (Å²) >= 11 is 0. The van der Waals surface area contributed by atoms with Gasteiger partial charge in [0, 0.05) is 11.5 Å². The third kappa shape index (κ3) is 2.57. The summed E-state index contributed by atoms with van der Waals surface area (Å²) in [7, 11) is 0. The van der Waals surface area contributed by atoms with E-state index in [1.165, 1.54) is 0 Å². The van der Waals surface area contributed by atoms with Crippen molar-refractivity contribution in [1.82, 2.24) is 4.98 Å². The molecule has 1 fully saturated rings. The van der Waals surface area contributed by atoms with E-state index in [1.807, 2.05) is 0 Å². The van der Waals surface area contributed by atoms with Gasteiger partial charge >= 0.3 is 0 Å². The van der Waals surface area contributed by atoms with Crippen LogP contribution in [0.1, 0.15) is 25.3 Å². The highest BCUT2D eigenvalue weighted by atomic mass is 19.2. The molecule has 7 heteroatoms. The Morgan fingerprint density at radius 3 is 1.74 bits per heavy atom. The maximum Gasteiger partial charge on any atom is 0.252 e. The lowest BCUT2D eigenvalue weighted by molar-refractivity contribution is 0.0557. The molecule has 0 spiro atoms. The van der Waals surface area contributed by atoms with E-state index in [1.54, 1.807) is 13.8 Å². The normalized spacial score (nSPS) is 28.2. The molecule has 106 valence electrons. The number of nitrogens with zero attached hydrogens (tertiary/aromatic N) is 1. The van der Waals surface area contributed by atoms with Gasteiger partial charge in [0.2, 0.25) is 0 Å². The summed E-state index contributed by atoms with van der Waals surface area (Å²) in [6.07, 6.45) is -1.27. The van der Waals surface area contributed by atoms with Crippen LogP contribution in [-0.2, 0) is 9.47 Å². The van der Waals surface area contributed by atoms with E-state index in [-0.39, 0.29) is 13.2 Å². The average Bonchev–Trinajstić information content (AvgIpc) is 2.51. The van der Waals surface area contributed by atoms with Crippen LogP contribution in [0, 0.1) is 23.5 Å². The van der Waals surface area contributed by atoms with Crippen LogP contribution in [0.25, 0.3) is 0 Å². The summed E-state index contributed by atoms with van der Waals surface area (Å²) in [6, 6.07) is 0. The molecule has 1 aliphatic heterocycles. The molecule has 1 aliphatic rings. The Hall–Kier alpha value is -1.21. The lowest BCUT2D eigenvalue weighted by Gasteiger charge is -2.26. The van der Waals surface area contributed by atoms with Gasteiger partial charge in [-0.2, -0.15) is 13.8 Å². The van der Waals surface area contributed by atoms with Gasteiger partial charge in [-0.15, -0.1) is 0 Å². The van der Waals surface area contributed by atoms with Crippen molar-refractivity contribution in [3.8, 4) is 0 Å². The minimum atomic E-state index is -1.67. The van der Waals surface area contributed by atoms with Crippen LogP contribution in [0.4, 0.5) is 17.6 Å². The first-order valence-corrected chi connectivity index (χ1v) is 5.86. The standard InChI is InChI=1S/C12H13F4NO2/c1-5-7(6(2)19-4-3-18-5)8-9(13)11(15)17-12(16)10(8)14/h5-7H,3-4H2,1-2H3. The van der Waals surface area contributed by atoms with Crippen LogP contribution >= 0.6 is 0 Å². The zero-order valence-electron chi connectivity index (χ0n) is 10.4. The number of pyridine rings is 1. The molecule has 0 saturated carbocycles. The predicted molar refractivity (Wildman–Crippen MR) is 57.6 cm³/mol. The van der Waals surface area contributed by atoms with Crippen molar-refractivity contribution >= 4 is 0 Å². The molecule has 2 atom stereocenters. The van der Waals surface area contributed by atoms with E-state index >= 15 is 0 Å². The number of halogens is 4. The van der Waals surface area contributed by atoms with Crippen LogP contribution in [0.5, 0.6) is 0 Å². The summed E-state index contributed by atoms with van der Waals surface area (Å²) in [5.74, 6) is -7.29. The molecule has 0 N–H and O–H groups in total. The summed E-state index contributed by atoms with van der Waals surface area (Å²) in [6.45, 7) is 3.65. The zero-order valence-corrected chi connectivity index (χ0v) is 10.4. The van der Waals surface area contributed by atoms with Crippen LogP contribution in [0.2, 0.25) is 0 Å². The third-order valence-corrected chi connectivity index (χ3v) is 3.22. The van der Waals surface area contributed by atoms with Gasteiger partial charge in [-0.3, -0.25) is 0 Å². The number of ether oxygens (including phenoxy) is 2. The first-order valence-electron chi connectivity index (χ1n) is 5.86. The molecule has 0 bridgehead atoms. The molecule has 0 aromatic carbocycles. The first kappa shape index (κ1) is 14.2. The summed E-state index contributed by atoms with van der Waals surface area (Å²) in [5, 5.41) is 0. The Kier molecular flexibility index (Phi) is 4.05. The molecule has 2 rings (SSSR count). The summed E-state index contributed by atoms with van der Waals surface area (Å²) in [5.41, 5.74) is -0.716. The smallest absolute Gasteiger partial charge is 0.252 e. The molecule has 3 nitrogen and oxygen atoms in total. The molecule has 19 heavy (non-hydrogen) atoms. The molecule has 1 aromatic rings. The van der Waals surface area contributed by atoms with Crippen molar-refractivity contribution in [2.45, 2.75) is 32.0 Å². The van der Waals surface area contributed by atoms with E-state index in [9.17, 15) is 17.6 Å².